The van der Waals surface area contributed by atoms with Gasteiger partial charge in [-0.3, -0.25) is 10.2 Å². The lowest BCUT2D eigenvalue weighted by atomic mass is 10.2. The minimum Gasteiger partial charge on any atom is -0.452 e. The van der Waals surface area contributed by atoms with Gasteiger partial charge in [-0.1, -0.05) is 235 Å². The van der Waals surface area contributed by atoms with Crippen LogP contribution in [-0.4, -0.2) is 125 Å². The standard InChI is InChI=1S/C5H8N2O.C5H8N2S.C4H7N3O.C4H7N3S.7C4H10.C3H4N2.2C3H3NO.C2H3N3.C2H2N2O.CHN3O.CHN3S/c2*1-4(2)5-3-6-8-7-5;2*1-3(2)4-5-6-7-8-4;7*1-4(2)3;1-2-4-5-3-1;1-2-5-3-4-1;1-2-4-5-3-1;1-3-2-5-4-1;1-2-5-4-3-1;2*1-2-4-5-3-1/h2*3-4H,1-2H3;2*3H,1-2H3;7*4H,1-3H3;1-3H,(H,4,5);2*1-3H;1-2H,(H,3,4,5);1-2H;2*1H. The molecule has 11 aromatic heterocycles. The van der Waals surface area contributed by atoms with Gasteiger partial charge in [0, 0.05) is 47.0 Å². The van der Waals surface area contributed by atoms with E-state index in [9.17, 15) is 0 Å². The van der Waals surface area contributed by atoms with E-state index in [4.69, 9.17) is 0 Å². The number of nitrogens with zero attached hydrogens (tertiary/aromatic N) is 23. The van der Waals surface area contributed by atoms with Gasteiger partial charge in [-0.25, -0.2) is 19.2 Å². The lowest BCUT2D eigenvalue weighted by molar-refractivity contribution is 0.292. The SMILES string of the molecule is CC(C)C.CC(C)C.CC(C)C.CC(C)C.CC(C)C.CC(C)C.CC(C)C.CC(C)c1cnon1.CC(C)c1cnsn1.CC(C)c1nnno1.CC(C)c1nnns1.c1cn[nH]c1.c1cnoc1.c1cocn1.c1conn1.c1nc[nH]n1.c1nnon1.c1nnsn1. The fraction of sp³-hybridized carbons (Fsp3) is 0.656. The van der Waals surface area contributed by atoms with Crippen LogP contribution in [0.3, 0.4) is 0 Å². The summed E-state index contributed by atoms with van der Waals surface area (Å²) in [6.45, 7) is 61.9. The Labute approximate surface area is 578 Å². The zero-order valence-electron chi connectivity index (χ0n) is 62.1. The zero-order chi connectivity index (χ0) is 73.7. The van der Waals surface area contributed by atoms with Crippen LogP contribution < -0.4 is 0 Å². The molecule has 11 heterocycles. The summed E-state index contributed by atoms with van der Waals surface area (Å²) >= 11 is 3.73. The quantitative estimate of drug-likeness (QED) is 0.165. The molecule has 95 heavy (non-hydrogen) atoms. The maximum atomic E-state index is 4.62. The summed E-state index contributed by atoms with van der Waals surface area (Å²) in [4.78, 5) is 7.11. The number of nitrogens with one attached hydrogen (secondary N) is 2. The fourth-order valence-corrected chi connectivity index (χ4v) is 3.86. The van der Waals surface area contributed by atoms with E-state index in [1.165, 1.54) is 79.9 Å². The van der Waals surface area contributed by atoms with Crippen molar-refractivity contribution < 1.29 is 27.2 Å². The second-order valence-corrected chi connectivity index (χ2v) is 26.0. The Balaban J connectivity index is -0.000000174. The van der Waals surface area contributed by atoms with Crippen LogP contribution in [0.2, 0.25) is 0 Å². The molecule has 0 saturated heterocycles. The summed E-state index contributed by atoms with van der Waals surface area (Å²) in [5.74, 6) is 8.11. The van der Waals surface area contributed by atoms with Crippen LogP contribution in [-0.2, 0) is 0 Å². The minimum absolute atomic E-state index is 0.282. The predicted octanol–water partition coefficient (Wildman–Crippen LogP) is 17.2. The molecule has 0 atom stereocenters. The number of aromatic amines is 2. The molecular weight excluding hydrogens is 1280 g/mol. The second-order valence-electron chi connectivity index (χ2n) is 24.2. The van der Waals surface area contributed by atoms with E-state index >= 15 is 0 Å². The molecule has 34 heteroatoms. The Kier molecular flexibility index (Phi) is 84.4. The summed E-state index contributed by atoms with van der Waals surface area (Å²) < 4.78 is 44.5. The number of oxazole rings is 1. The fourth-order valence-electron chi connectivity index (χ4n) is 2.66. The third-order valence-electron chi connectivity index (χ3n) is 5.73. The molecule has 0 saturated carbocycles. The molecule has 0 spiro atoms. The van der Waals surface area contributed by atoms with Gasteiger partial charge >= 0.3 is 0 Å². The first-order valence-corrected chi connectivity index (χ1v) is 33.2. The highest BCUT2D eigenvalue weighted by Crippen LogP contribution is 2.12. The van der Waals surface area contributed by atoms with Gasteiger partial charge in [0.05, 0.1) is 70.7 Å². The van der Waals surface area contributed by atoms with Crippen LogP contribution in [0, 0.1) is 41.4 Å². The lowest BCUT2D eigenvalue weighted by Crippen LogP contribution is -1.85. The van der Waals surface area contributed by atoms with E-state index in [1.54, 1.807) is 37.1 Å². The van der Waals surface area contributed by atoms with E-state index in [0.29, 0.717) is 23.6 Å². The minimum atomic E-state index is 0.282. The molecule has 540 valence electrons. The van der Waals surface area contributed by atoms with Gasteiger partial charge in [-0.2, -0.15) is 23.3 Å². The summed E-state index contributed by atoms with van der Waals surface area (Å²) in [7, 11) is 0. The van der Waals surface area contributed by atoms with Gasteiger partial charge in [-0.15, -0.1) is 15.3 Å². The van der Waals surface area contributed by atoms with Gasteiger partial charge in [-0.05, 0) is 75.1 Å². The highest BCUT2D eigenvalue weighted by molar-refractivity contribution is 7.05. The Morgan fingerprint density at radius 1 is 0.421 bits per heavy atom. The summed E-state index contributed by atoms with van der Waals surface area (Å²) in [6.07, 6.45) is 22.9. The average molecular weight is 1390 g/mol. The van der Waals surface area contributed by atoms with Gasteiger partial charge in [0.25, 0.3) is 5.89 Å². The Bertz CT molecular complexity index is 2090. The van der Waals surface area contributed by atoms with Crippen molar-refractivity contribution in [3.63, 3.8) is 0 Å². The van der Waals surface area contributed by atoms with E-state index in [0.717, 1.165) is 69.5 Å². The molecule has 0 radical (unpaired) electrons. The van der Waals surface area contributed by atoms with Crippen molar-refractivity contribution in [3.05, 3.63) is 128 Å². The number of hydrogen-bond acceptors (Lipinski definition) is 32. The Morgan fingerprint density at radius 2 is 1.03 bits per heavy atom. The molecule has 11 aromatic rings. The lowest BCUT2D eigenvalue weighted by Gasteiger charge is -1.92. The molecule has 0 aliphatic rings. The van der Waals surface area contributed by atoms with Crippen molar-refractivity contribution >= 4 is 35.0 Å². The third-order valence-corrected chi connectivity index (χ3v) is 7.47. The molecule has 0 aliphatic heterocycles. The van der Waals surface area contributed by atoms with E-state index < -0.39 is 0 Å². The summed E-state index contributed by atoms with van der Waals surface area (Å²) in [6, 6.07) is 3.56. The summed E-state index contributed by atoms with van der Waals surface area (Å²) in [5, 5.41) is 60.0. The smallest absolute Gasteiger partial charge is 0.250 e. The van der Waals surface area contributed by atoms with Crippen molar-refractivity contribution in [2.24, 2.45) is 41.4 Å². The number of hydrogen-bond donors (Lipinski definition) is 2. The maximum Gasteiger partial charge on any atom is 0.250 e. The molecule has 31 nitrogen and oxygen atoms in total. The third kappa shape index (κ3) is 120. The maximum absolute atomic E-state index is 4.62. The summed E-state index contributed by atoms with van der Waals surface area (Å²) in [5.41, 5.74) is 2.00. The molecule has 0 unspecified atom stereocenters. The van der Waals surface area contributed by atoms with Crippen molar-refractivity contribution in [1.82, 2.24) is 125 Å². The number of aromatic nitrogens is 25. The molecule has 0 amide bonds. The first-order chi connectivity index (χ1) is 44.8. The monoisotopic (exact) mass is 1390 g/mol. The van der Waals surface area contributed by atoms with E-state index in [2.05, 4.69) is 325 Å². The molecule has 11 rings (SSSR count). The highest BCUT2D eigenvalue weighted by Gasteiger charge is 2.04. The van der Waals surface area contributed by atoms with Crippen LogP contribution in [0.15, 0.2) is 133 Å². The molecule has 0 bridgehead atoms. The van der Waals surface area contributed by atoms with Crippen LogP contribution >= 0.6 is 35.0 Å². The van der Waals surface area contributed by atoms with Crippen LogP contribution in [0.5, 0.6) is 0 Å². The number of rotatable bonds is 4. The largest absolute Gasteiger partial charge is 0.452 e. The van der Waals surface area contributed by atoms with Crippen LogP contribution in [0.4, 0.5) is 0 Å². The van der Waals surface area contributed by atoms with Crippen LogP contribution in [0.25, 0.3) is 0 Å². The van der Waals surface area contributed by atoms with E-state index in [-0.39, 0.29) is 5.92 Å². The van der Waals surface area contributed by atoms with Crippen molar-refractivity contribution in [2.75, 3.05) is 0 Å². The first kappa shape index (κ1) is 100. The zero-order valence-corrected chi connectivity index (χ0v) is 64.6. The average Bonchev–Trinajstić information content (AvgIpc) is 2.88. The van der Waals surface area contributed by atoms with Crippen molar-refractivity contribution in [3.8, 4) is 0 Å². The topological polar surface area (TPSA) is 407 Å². The van der Waals surface area contributed by atoms with E-state index in [1.807, 2.05) is 40.0 Å². The molecule has 0 aliphatic carbocycles. The van der Waals surface area contributed by atoms with Gasteiger partial charge < -0.3 is 18.0 Å². The highest BCUT2D eigenvalue weighted by atomic mass is 32.1. The molecular formula is C61H117N25O6S3. The van der Waals surface area contributed by atoms with Crippen molar-refractivity contribution in [1.29, 1.82) is 0 Å². The first-order valence-electron chi connectivity index (χ1n) is 31.0. The predicted molar refractivity (Wildman–Crippen MR) is 376 cm³/mol. The molecule has 2 N–H and O–H groups in total. The van der Waals surface area contributed by atoms with Crippen molar-refractivity contribution in [2.45, 2.75) is 224 Å². The molecule has 0 fully saturated rings. The molecule has 0 aromatic carbocycles. The Hall–Kier alpha value is -8.27. The number of H-pyrrole nitrogens is 2. The Morgan fingerprint density at radius 3 is 1.19 bits per heavy atom. The van der Waals surface area contributed by atoms with Gasteiger partial charge in [0.1, 0.15) is 42.1 Å². The van der Waals surface area contributed by atoms with Gasteiger partial charge in [0.15, 0.2) is 19.0 Å². The van der Waals surface area contributed by atoms with Gasteiger partial charge in [0.2, 0.25) is 0 Å². The van der Waals surface area contributed by atoms with Crippen LogP contribution in [0.1, 0.15) is 247 Å². The normalized spacial score (nSPS) is 9.09. The second kappa shape index (κ2) is 80.0.